The molecular weight excluding hydrogens is 346 g/mol. The summed E-state index contributed by atoms with van der Waals surface area (Å²) in [4.78, 5) is 17.8. The fourth-order valence-corrected chi connectivity index (χ4v) is 4.53. The van der Waals surface area contributed by atoms with Crippen molar-refractivity contribution in [2.45, 2.75) is 19.8 Å². The van der Waals surface area contributed by atoms with Crippen LogP contribution in [0.5, 0.6) is 0 Å². The van der Waals surface area contributed by atoms with Crippen molar-refractivity contribution in [3.63, 3.8) is 0 Å². The number of anilines is 1. The Morgan fingerprint density at radius 2 is 2.30 bits per heavy atom. The molecule has 0 spiro atoms. The molecule has 116 valence electrons. The highest BCUT2D eigenvalue weighted by Crippen LogP contribution is 2.29. The van der Waals surface area contributed by atoms with Crippen molar-refractivity contribution >= 4 is 44.9 Å². The van der Waals surface area contributed by atoms with Gasteiger partial charge in [-0.15, -0.1) is 22.7 Å². The van der Waals surface area contributed by atoms with Crippen LogP contribution in [0.4, 0.5) is 5.00 Å². The molecule has 3 rings (SSSR count). The molecule has 4 nitrogen and oxygen atoms in total. The topological polar surface area (TPSA) is 65.8 Å². The Bertz CT molecular complexity index is 856. The first kappa shape index (κ1) is 15.9. The second-order valence-corrected chi connectivity index (χ2v) is 7.58. The SMILES string of the molecule is CCc1cc(C#N)c(NC(=O)Cc2csc(-c3ccsc3)n2)s1. The number of aryl methyl sites for hydroxylation is 1. The lowest BCUT2D eigenvalue weighted by Gasteiger charge is -2.01. The third-order valence-corrected chi connectivity index (χ3v) is 5.98. The maximum absolute atomic E-state index is 12.2. The number of hydrogen-bond donors (Lipinski definition) is 1. The molecule has 1 N–H and O–H groups in total. The fraction of sp³-hybridized carbons (Fsp3) is 0.188. The van der Waals surface area contributed by atoms with Crippen LogP contribution in [-0.2, 0) is 17.6 Å². The van der Waals surface area contributed by atoms with Crippen LogP contribution in [0.25, 0.3) is 10.6 Å². The van der Waals surface area contributed by atoms with Crippen molar-refractivity contribution in [1.82, 2.24) is 4.98 Å². The molecule has 23 heavy (non-hydrogen) atoms. The molecule has 0 bridgehead atoms. The van der Waals surface area contributed by atoms with E-state index in [4.69, 9.17) is 5.26 Å². The zero-order chi connectivity index (χ0) is 16.2. The number of nitriles is 1. The van der Waals surface area contributed by atoms with Gasteiger partial charge in [-0.05, 0) is 23.9 Å². The zero-order valence-corrected chi connectivity index (χ0v) is 14.8. The molecule has 0 saturated carbocycles. The first-order valence-electron chi connectivity index (χ1n) is 6.99. The molecule has 0 aliphatic carbocycles. The number of aromatic nitrogens is 1. The van der Waals surface area contributed by atoms with Gasteiger partial charge in [-0.1, -0.05) is 6.92 Å². The summed E-state index contributed by atoms with van der Waals surface area (Å²) in [6.07, 6.45) is 1.07. The van der Waals surface area contributed by atoms with Crippen molar-refractivity contribution in [1.29, 1.82) is 5.26 Å². The van der Waals surface area contributed by atoms with Crippen LogP contribution < -0.4 is 5.32 Å². The van der Waals surface area contributed by atoms with Gasteiger partial charge in [-0.25, -0.2) is 4.98 Å². The average molecular weight is 360 g/mol. The van der Waals surface area contributed by atoms with E-state index in [9.17, 15) is 4.79 Å². The number of nitrogens with zero attached hydrogens (tertiary/aromatic N) is 2. The highest BCUT2D eigenvalue weighted by atomic mass is 32.1. The molecule has 0 aromatic carbocycles. The molecule has 1 amide bonds. The summed E-state index contributed by atoms with van der Waals surface area (Å²) in [7, 11) is 0. The number of carbonyl (C=O) groups is 1. The summed E-state index contributed by atoms with van der Waals surface area (Å²) in [5.41, 5.74) is 2.36. The molecule has 0 saturated heterocycles. The van der Waals surface area contributed by atoms with Gasteiger partial charge in [0.1, 0.15) is 16.1 Å². The normalized spacial score (nSPS) is 10.4. The molecule has 0 aliphatic heterocycles. The van der Waals surface area contributed by atoms with Crippen LogP contribution in [0.3, 0.4) is 0 Å². The van der Waals surface area contributed by atoms with Gasteiger partial charge in [-0.2, -0.15) is 16.6 Å². The largest absolute Gasteiger partial charge is 0.316 e. The number of thiophene rings is 2. The Labute approximate surface area is 146 Å². The van der Waals surface area contributed by atoms with Crippen LogP contribution in [0.15, 0.2) is 28.3 Å². The number of rotatable bonds is 5. The van der Waals surface area contributed by atoms with E-state index >= 15 is 0 Å². The summed E-state index contributed by atoms with van der Waals surface area (Å²) in [5.74, 6) is -0.145. The van der Waals surface area contributed by atoms with Crippen LogP contribution in [0.1, 0.15) is 23.1 Å². The smallest absolute Gasteiger partial charge is 0.231 e. The molecule has 0 radical (unpaired) electrons. The van der Waals surface area contributed by atoms with E-state index < -0.39 is 0 Å². The molecule has 0 atom stereocenters. The van der Waals surface area contributed by atoms with Crippen LogP contribution >= 0.6 is 34.0 Å². The van der Waals surface area contributed by atoms with E-state index in [1.54, 1.807) is 11.3 Å². The van der Waals surface area contributed by atoms with E-state index in [1.165, 1.54) is 22.7 Å². The lowest BCUT2D eigenvalue weighted by molar-refractivity contribution is -0.115. The summed E-state index contributed by atoms with van der Waals surface area (Å²) >= 11 is 4.62. The maximum atomic E-state index is 12.2. The second kappa shape index (κ2) is 7.04. The quantitative estimate of drug-likeness (QED) is 0.727. The van der Waals surface area contributed by atoms with Crippen molar-refractivity contribution in [3.8, 4) is 16.6 Å². The highest BCUT2D eigenvalue weighted by Gasteiger charge is 2.13. The molecule has 3 aromatic rings. The summed E-state index contributed by atoms with van der Waals surface area (Å²) in [6.45, 7) is 2.03. The minimum Gasteiger partial charge on any atom is -0.316 e. The summed E-state index contributed by atoms with van der Waals surface area (Å²) in [6, 6.07) is 5.97. The zero-order valence-electron chi connectivity index (χ0n) is 12.3. The first-order valence-corrected chi connectivity index (χ1v) is 9.63. The van der Waals surface area contributed by atoms with E-state index in [0.29, 0.717) is 10.6 Å². The molecule has 3 heterocycles. The molecule has 0 unspecified atom stereocenters. The minimum atomic E-state index is -0.145. The third-order valence-electron chi connectivity index (χ3n) is 3.17. The van der Waals surface area contributed by atoms with Gasteiger partial charge in [0.05, 0.1) is 17.7 Å². The molecule has 3 aromatic heterocycles. The van der Waals surface area contributed by atoms with Crippen molar-refractivity contribution in [3.05, 3.63) is 44.4 Å². The van der Waals surface area contributed by atoms with Gasteiger partial charge >= 0.3 is 0 Å². The molecule has 0 fully saturated rings. The highest BCUT2D eigenvalue weighted by molar-refractivity contribution is 7.16. The number of nitrogens with one attached hydrogen (secondary N) is 1. The number of thiazole rings is 1. The van der Waals surface area contributed by atoms with E-state index in [2.05, 4.69) is 16.4 Å². The lowest BCUT2D eigenvalue weighted by Crippen LogP contribution is -2.14. The number of amides is 1. The minimum absolute atomic E-state index is 0.145. The Morgan fingerprint density at radius 1 is 1.43 bits per heavy atom. The Kier molecular flexibility index (Phi) is 4.86. The molecule has 7 heteroatoms. The third kappa shape index (κ3) is 3.67. The standard InChI is InChI=1S/C16H13N3OS3/c1-2-13-5-11(7-17)16(23-13)19-14(20)6-12-9-22-15(18-12)10-3-4-21-8-10/h3-5,8-9H,2,6H2,1H3,(H,19,20). The lowest BCUT2D eigenvalue weighted by atomic mass is 10.2. The van der Waals surface area contributed by atoms with E-state index in [-0.39, 0.29) is 12.3 Å². The van der Waals surface area contributed by atoms with Crippen molar-refractivity contribution < 1.29 is 4.79 Å². The average Bonchev–Trinajstić information content (AvgIpc) is 3.26. The van der Waals surface area contributed by atoms with Crippen molar-refractivity contribution in [2.24, 2.45) is 0 Å². The summed E-state index contributed by atoms with van der Waals surface area (Å²) < 4.78 is 0. The van der Waals surface area contributed by atoms with Gasteiger partial charge < -0.3 is 5.32 Å². The monoisotopic (exact) mass is 359 g/mol. The Balaban J connectivity index is 1.68. The van der Waals surface area contributed by atoms with E-state index in [1.807, 2.05) is 35.2 Å². The maximum Gasteiger partial charge on any atom is 0.231 e. The van der Waals surface area contributed by atoms with Gasteiger partial charge in [0, 0.05) is 21.2 Å². The fourth-order valence-electron chi connectivity index (χ4n) is 2.03. The number of carbonyl (C=O) groups excluding carboxylic acids is 1. The van der Waals surface area contributed by atoms with Crippen LogP contribution in [-0.4, -0.2) is 10.9 Å². The predicted molar refractivity (Wildman–Crippen MR) is 96.2 cm³/mol. The Morgan fingerprint density at radius 3 is 3.00 bits per heavy atom. The van der Waals surface area contributed by atoms with E-state index in [0.717, 1.165) is 27.6 Å². The van der Waals surface area contributed by atoms with Crippen LogP contribution in [0, 0.1) is 11.3 Å². The number of hydrogen-bond acceptors (Lipinski definition) is 6. The second-order valence-electron chi connectivity index (χ2n) is 4.80. The van der Waals surface area contributed by atoms with Gasteiger partial charge in [0.15, 0.2) is 0 Å². The van der Waals surface area contributed by atoms with Crippen molar-refractivity contribution in [2.75, 3.05) is 5.32 Å². The van der Waals surface area contributed by atoms with Gasteiger partial charge in [0.25, 0.3) is 0 Å². The van der Waals surface area contributed by atoms with Gasteiger partial charge in [-0.3, -0.25) is 4.79 Å². The van der Waals surface area contributed by atoms with Gasteiger partial charge in [0.2, 0.25) is 5.91 Å². The first-order chi connectivity index (χ1) is 11.2. The summed E-state index contributed by atoms with van der Waals surface area (Å²) in [5, 5.41) is 19.5. The predicted octanol–water partition coefficient (Wildman–Crippen LogP) is 4.55. The van der Waals surface area contributed by atoms with Crippen LogP contribution in [0.2, 0.25) is 0 Å². The molecule has 0 aliphatic rings. The molecular formula is C16H13N3OS3. The Hall–Kier alpha value is -2.01.